The van der Waals surface area contributed by atoms with Crippen molar-refractivity contribution in [2.24, 2.45) is 11.8 Å². The van der Waals surface area contributed by atoms with Gasteiger partial charge in [-0.25, -0.2) is 0 Å². The molecule has 0 radical (unpaired) electrons. The number of nitrogens with zero attached hydrogens (tertiary/aromatic N) is 1. The predicted octanol–water partition coefficient (Wildman–Crippen LogP) is 1.68. The Morgan fingerprint density at radius 1 is 1.47 bits per heavy atom. The van der Waals surface area contributed by atoms with Gasteiger partial charge in [-0.05, 0) is 38.0 Å². The number of rotatable bonds is 5. The van der Waals surface area contributed by atoms with Crippen LogP contribution in [0.5, 0.6) is 0 Å². The Labute approximate surface area is 113 Å². The minimum absolute atomic E-state index is 0.112. The predicted molar refractivity (Wildman–Crippen MR) is 70.9 cm³/mol. The number of hydrogen-bond donors (Lipinski definition) is 2. The van der Waals surface area contributed by atoms with Gasteiger partial charge in [-0.2, -0.15) is 0 Å². The molecule has 2 atom stereocenters. The van der Waals surface area contributed by atoms with Crippen molar-refractivity contribution < 1.29 is 14.4 Å². The molecule has 5 nitrogen and oxygen atoms in total. The first-order valence-corrected chi connectivity index (χ1v) is 7.01. The lowest BCUT2D eigenvalue weighted by Crippen LogP contribution is -2.32. The van der Waals surface area contributed by atoms with Crippen LogP contribution in [0, 0.1) is 18.8 Å². The summed E-state index contributed by atoms with van der Waals surface area (Å²) in [6.07, 6.45) is 3.96. The third kappa shape index (κ3) is 2.97. The standard InChI is InChI=1S/C14H22N2O3/c1-3-12-13(9(2)19-16-12)14(18)15-7-10-5-4-6-11(10)8-17/h10-11,17H,3-8H2,1-2H3,(H,15,18). The highest BCUT2D eigenvalue weighted by Crippen LogP contribution is 2.30. The maximum Gasteiger partial charge on any atom is 0.256 e. The van der Waals surface area contributed by atoms with Gasteiger partial charge in [0.2, 0.25) is 0 Å². The topological polar surface area (TPSA) is 75.4 Å². The summed E-state index contributed by atoms with van der Waals surface area (Å²) in [5, 5.41) is 16.1. The van der Waals surface area contributed by atoms with Gasteiger partial charge < -0.3 is 14.9 Å². The van der Waals surface area contributed by atoms with Gasteiger partial charge in [-0.15, -0.1) is 0 Å². The molecular formula is C14H22N2O3. The summed E-state index contributed by atoms with van der Waals surface area (Å²) in [6, 6.07) is 0. The second-order valence-electron chi connectivity index (χ2n) is 5.26. The van der Waals surface area contributed by atoms with E-state index in [1.165, 1.54) is 0 Å². The van der Waals surface area contributed by atoms with Crippen LogP contribution in [0.4, 0.5) is 0 Å². The third-order valence-corrected chi connectivity index (χ3v) is 4.07. The fourth-order valence-electron chi connectivity index (χ4n) is 2.89. The number of aryl methyl sites for hydroxylation is 2. The number of carbonyl (C=O) groups excluding carboxylic acids is 1. The summed E-state index contributed by atoms with van der Waals surface area (Å²) in [5.74, 6) is 1.17. The molecule has 1 saturated carbocycles. The van der Waals surface area contributed by atoms with Gasteiger partial charge >= 0.3 is 0 Å². The minimum atomic E-state index is -0.112. The number of aliphatic hydroxyl groups excluding tert-OH is 1. The number of carbonyl (C=O) groups is 1. The van der Waals surface area contributed by atoms with E-state index in [1.807, 2.05) is 6.92 Å². The van der Waals surface area contributed by atoms with Gasteiger partial charge in [0.15, 0.2) is 0 Å². The number of amides is 1. The zero-order valence-electron chi connectivity index (χ0n) is 11.6. The SMILES string of the molecule is CCc1noc(C)c1C(=O)NCC1CCCC1CO. The van der Waals surface area contributed by atoms with Gasteiger partial charge in [-0.1, -0.05) is 18.5 Å². The van der Waals surface area contributed by atoms with Crippen LogP contribution in [0.2, 0.25) is 0 Å². The third-order valence-electron chi connectivity index (χ3n) is 4.07. The second kappa shape index (κ2) is 6.19. The van der Waals surface area contributed by atoms with E-state index < -0.39 is 0 Å². The van der Waals surface area contributed by atoms with Crippen molar-refractivity contribution in [2.45, 2.75) is 39.5 Å². The van der Waals surface area contributed by atoms with Crippen LogP contribution in [-0.4, -0.2) is 29.3 Å². The molecular weight excluding hydrogens is 244 g/mol. The highest BCUT2D eigenvalue weighted by atomic mass is 16.5. The monoisotopic (exact) mass is 266 g/mol. The number of aliphatic hydroxyl groups is 1. The van der Waals surface area contributed by atoms with Gasteiger partial charge in [0.25, 0.3) is 5.91 Å². The summed E-state index contributed by atoms with van der Waals surface area (Å²) in [7, 11) is 0. The van der Waals surface area contributed by atoms with Gasteiger partial charge in [0.1, 0.15) is 11.3 Å². The van der Waals surface area contributed by atoms with E-state index in [0.29, 0.717) is 41.8 Å². The summed E-state index contributed by atoms with van der Waals surface area (Å²) in [4.78, 5) is 12.2. The molecule has 1 aliphatic rings. The van der Waals surface area contributed by atoms with Crippen LogP contribution < -0.4 is 5.32 Å². The maximum atomic E-state index is 12.2. The molecule has 0 aliphatic heterocycles. The van der Waals surface area contributed by atoms with E-state index in [9.17, 15) is 9.90 Å². The summed E-state index contributed by atoms with van der Waals surface area (Å²) < 4.78 is 5.07. The fourth-order valence-corrected chi connectivity index (χ4v) is 2.89. The Bertz CT molecular complexity index is 442. The van der Waals surface area contributed by atoms with Crippen LogP contribution in [0.15, 0.2) is 4.52 Å². The molecule has 2 N–H and O–H groups in total. The average Bonchev–Trinajstić information content (AvgIpc) is 3.01. The molecule has 1 amide bonds. The smallest absolute Gasteiger partial charge is 0.256 e. The van der Waals surface area contributed by atoms with E-state index >= 15 is 0 Å². The van der Waals surface area contributed by atoms with Crippen LogP contribution >= 0.6 is 0 Å². The molecule has 106 valence electrons. The van der Waals surface area contributed by atoms with Crippen molar-refractivity contribution in [2.75, 3.05) is 13.2 Å². The summed E-state index contributed by atoms with van der Waals surface area (Å²) in [5.41, 5.74) is 1.28. The van der Waals surface area contributed by atoms with Crippen molar-refractivity contribution in [3.8, 4) is 0 Å². The van der Waals surface area contributed by atoms with Crippen molar-refractivity contribution in [1.82, 2.24) is 10.5 Å². The van der Waals surface area contributed by atoms with Crippen molar-refractivity contribution in [1.29, 1.82) is 0 Å². The normalized spacial score (nSPS) is 22.7. The van der Waals surface area contributed by atoms with E-state index in [0.717, 1.165) is 19.3 Å². The van der Waals surface area contributed by atoms with Crippen LogP contribution in [0.3, 0.4) is 0 Å². The van der Waals surface area contributed by atoms with Gasteiger partial charge in [0.05, 0.1) is 5.69 Å². The molecule has 2 rings (SSSR count). The Hall–Kier alpha value is -1.36. The molecule has 1 aliphatic carbocycles. The summed E-state index contributed by atoms with van der Waals surface area (Å²) >= 11 is 0. The lowest BCUT2D eigenvalue weighted by Gasteiger charge is -2.17. The lowest BCUT2D eigenvalue weighted by molar-refractivity contribution is 0.0935. The zero-order valence-corrected chi connectivity index (χ0v) is 11.6. The quantitative estimate of drug-likeness (QED) is 0.850. The Balaban J connectivity index is 1.96. The first kappa shape index (κ1) is 14.1. The molecule has 0 aromatic carbocycles. The first-order valence-electron chi connectivity index (χ1n) is 7.01. The molecule has 1 aromatic rings. The molecule has 0 spiro atoms. The highest BCUT2D eigenvalue weighted by Gasteiger charge is 2.27. The molecule has 1 heterocycles. The average molecular weight is 266 g/mol. The van der Waals surface area contributed by atoms with E-state index in [4.69, 9.17) is 4.52 Å². The molecule has 5 heteroatoms. The van der Waals surface area contributed by atoms with Gasteiger partial charge in [0, 0.05) is 13.2 Å². The van der Waals surface area contributed by atoms with E-state index in [-0.39, 0.29) is 12.5 Å². The highest BCUT2D eigenvalue weighted by molar-refractivity contribution is 5.96. The van der Waals surface area contributed by atoms with E-state index in [1.54, 1.807) is 6.92 Å². The number of hydrogen-bond acceptors (Lipinski definition) is 4. The number of aromatic nitrogens is 1. The molecule has 1 fully saturated rings. The van der Waals surface area contributed by atoms with Gasteiger partial charge in [-0.3, -0.25) is 4.79 Å². The van der Waals surface area contributed by atoms with Crippen LogP contribution in [-0.2, 0) is 6.42 Å². The second-order valence-corrected chi connectivity index (χ2v) is 5.26. The molecule has 0 bridgehead atoms. The summed E-state index contributed by atoms with van der Waals surface area (Å²) in [6.45, 7) is 4.55. The van der Waals surface area contributed by atoms with Crippen molar-refractivity contribution in [3.63, 3.8) is 0 Å². The molecule has 0 saturated heterocycles. The largest absolute Gasteiger partial charge is 0.396 e. The fraction of sp³-hybridized carbons (Fsp3) is 0.714. The Morgan fingerprint density at radius 3 is 2.89 bits per heavy atom. The van der Waals surface area contributed by atoms with Crippen LogP contribution in [0.1, 0.15) is 48.0 Å². The van der Waals surface area contributed by atoms with Crippen LogP contribution in [0.25, 0.3) is 0 Å². The number of nitrogens with one attached hydrogen (secondary N) is 1. The maximum absolute atomic E-state index is 12.2. The van der Waals surface area contributed by atoms with Crippen molar-refractivity contribution >= 4 is 5.91 Å². The zero-order chi connectivity index (χ0) is 13.8. The van der Waals surface area contributed by atoms with Crippen molar-refractivity contribution in [3.05, 3.63) is 17.0 Å². The Morgan fingerprint density at radius 2 is 2.21 bits per heavy atom. The Kier molecular flexibility index (Phi) is 4.58. The molecule has 19 heavy (non-hydrogen) atoms. The molecule has 2 unspecified atom stereocenters. The molecule has 1 aromatic heterocycles. The van der Waals surface area contributed by atoms with E-state index in [2.05, 4.69) is 10.5 Å². The first-order chi connectivity index (χ1) is 9.17. The minimum Gasteiger partial charge on any atom is -0.396 e. The lowest BCUT2D eigenvalue weighted by atomic mass is 9.97.